The minimum absolute atomic E-state index is 0.238. The maximum atomic E-state index is 11.3. The van der Waals surface area contributed by atoms with Crippen molar-refractivity contribution in [3.8, 4) is 11.3 Å². The Hall–Kier alpha value is -1.34. The zero-order chi connectivity index (χ0) is 18.6. The first-order chi connectivity index (χ1) is 12.4. The highest BCUT2D eigenvalue weighted by atomic mass is 35.5. The van der Waals surface area contributed by atoms with Crippen LogP contribution < -0.4 is 5.32 Å². The fourth-order valence-corrected chi connectivity index (χ4v) is 4.00. The number of hydrogen-bond acceptors (Lipinski definition) is 5. The summed E-state index contributed by atoms with van der Waals surface area (Å²) in [6, 6.07) is 12.0. The van der Waals surface area contributed by atoms with Gasteiger partial charge in [0.05, 0.1) is 17.3 Å². The minimum Gasteiger partial charge on any atom is -0.460 e. The lowest BCUT2D eigenvalue weighted by molar-refractivity contribution is 0.205. The lowest BCUT2D eigenvalue weighted by Gasteiger charge is -2.32. The van der Waals surface area contributed by atoms with Gasteiger partial charge in [-0.2, -0.15) is 0 Å². The van der Waals surface area contributed by atoms with Crippen LogP contribution in [-0.4, -0.2) is 51.0 Å². The largest absolute Gasteiger partial charge is 0.460 e. The van der Waals surface area contributed by atoms with Gasteiger partial charge in [0.2, 0.25) is 0 Å². The summed E-state index contributed by atoms with van der Waals surface area (Å²) in [5.74, 6) is 1.91. The summed E-state index contributed by atoms with van der Waals surface area (Å²) in [6.07, 6.45) is 3.32. The van der Waals surface area contributed by atoms with Crippen molar-refractivity contribution in [3.63, 3.8) is 0 Å². The van der Waals surface area contributed by atoms with Crippen molar-refractivity contribution in [1.29, 1.82) is 0 Å². The molecule has 5 nitrogen and oxygen atoms in total. The van der Waals surface area contributed by atoms with E-state index in [0.29, 0.717) is 24.2 Å². The average Bonchev–Trinajstić information content (AvgIpc) is 3.07. The van der Waals surface area contributed by atoms with Crippen molar-refractivity contribution in [2.45, 2.75) is 25.4 Å². The second-order valence-electron chi connectivity index (χ2n) is 6.87. The van der Waals surface area contributed by atoms with Crippen molar-refractivity contribution < 1.29 is 12.8 Å². The lowest BCUT2D eigenvalue weighted by atomic mass is 10.1. The van der Waals surface area contributed by atoms with Crippen LogP contribution in [0.4, 0.5) is 0 Å². The number of nitrogens with one attached hydrogen (secondary N) is 1. The maximum Gasteiger partial charge on any atom is 0.148 e. The van der Waals surface area contributed by atoms with E-state index in [-0.39, 0.29) is 5.75 Å². The molecule has 0 aliphatic carbocycles. The first kappa shape index (κ1) is 19.4. The number of hydrogen-bond donors (Lipinski definition) is 1. The van der Waals surface area contributed by atoms with E-state index in [9.17, 15) is 8.42 Å². The van der Waals surface area contributed by atoms with Gasteiger partial charge in [-0.05, 0) is 50.2 Å². The topological polar surface area (TPSA) is 62.6 Å². The molecule has 0 spiro atoms. The zero-order valence-corrected chi connectivity index (χ0v) is 16.5. The molecule has 0 radical (unpaired) electrons. The Morgan fingerprint density at radius 2 is 1.92 bits per heavy atom. The van der Waals surface area contributed by atoms with Crippen molar-refractivity contribution in [1.82, 2.24) is 10.2 Å². The van der Waals surface area contributed by atoms with Crippen molar-refractivity contribution >= 4 is 21.4 Å². The molecule has 1 aromatic heterocycles. The highest BCUT2D eigenvalue weighted by Gasteiger charge is 2.20. The van der Waals surface area contributed by atoms with E-state index in [1.54, 1.807) is 0 Å². The molecule has 1 saturated heterocycles. The molecule has 3 rings (SSSR count). The van der Waals surface area contributed by atoms with Gasteiger partial charge in [0.15, 0.2) is 0 Å². The summed E-state index contributed by atoms with van der Waals surface area (Å²) in [6.45, 7) is 3.16. The predicted molar refractivity (Wildman–Crippen MR) is 105 cm³/mol. The number of halogens is 1. The normalized spacial score (nSPS) is 16.8. The van der Waals surface area contributed by atoms with Gasteiger partial charge in [0, 0.05) is 24.4 Å². The van der Waals surface area contributed by atoms with Crippen molar-refractivity contribution in [2.24, 2.45) is 0 Å². The van der Waals surface area contributed by atoms with E-state index >= 15 is 0 Å². The second-order valence-corrected chi connectivity index (χ2v) is 9.54. The zero-order valence-electron chi connectivity index (χ0n) is 14.9. The molecule has 2 aromatic rings. The molecule has 0 unspecified atom stereocenters. The Balaban J connectivity index is 1.45. The quantitative estimate of drug-likeness (QED) is 0.778. The fourth-order valence-electron chi connectivity index (χ4n) is 3.18. The van der Waals surface area contributed by atoms with E-state index in [2.05, 4.69) is 10.2 Å². The first-order valence-corrected chi connectivity index (χ1v) is 11.3. The first-order valence-electron chi connectivity index (χ1n) is 8.88. The maximum absolute atomic E-state index is 11.3. The summed E-state index contributed by atoms with van der Waals surface area (Å²) >= 11 is 6.22. The average molecular weight is 397 g/mol. The van der Waals surface area contributed by atoms with Crippen molar-refractivity contribution in [3.05, 3.63) is 47.2 Å². The van der Waals surface area contributed by atoms with Gasteiger partial charge in [-0.1, -0.05) is 23.7 Å². The molecule has 2 heterocycles. The molecule has 0 saturated carbocycles. The van der Waals surface area contributed by atoms with E-state index < -0.39 is 9.84 Å². The van der Waals surface area contributed by atoms with E-state index in [1.807, 2.05) is 36.4 Å². The molecule has 26 heavy (non-hydrogen) atoms. The Morgan fingerprint density at radius 1 is 1.19 bits per heavy atom. The van der Waals surface area contributed by atoms with Crippen molar-refractivity contribution in [2.75, 3.05) is 31.6 Å². The van der Waals surface area contributed by atoms with Gasteiger partial charge in [-0.15, -0.1) is 0 Å². The molecular weight excluding hydrogens is 372 g/mol. The van der Waals surface area contributed by atoms with Crippen LogP contribution in [0.5, 0.6) is 0 Å². The molecular formula is C19H25ClN2O3S. The van der Waals surface area contributed by atoms with Gasteiger partial charge in [0.25, 0.3) is 0 Å². The molecule has 1 aliphatic rings. The molecule has 0 atom stereocenters. The van der Waals surface area contributed by atoms with Crippen LogP contribution in [0.15, 0.2) is 40.8 Å². The monoisotopic (exact) mass is 396 g/mol. The van der Waals surface area contributed by atoms with E-state index in [0.717, 1.165) is 43.0 Å². The minimum atomic E-state index is -2.89. The Kier molecular flexibility index (Phi) is 6.40. The third-order valence-electron chi connectivity index (χ3n) is 4.73. The van der Waals surface area contributed by atoms with Crippen LogP contribution in [0.25, 0.3) is 11.3 Å². The van der Waals surface area contributed by atoms with Crippen LogP contribution in [-0.2, 0) is 16.4 Å². The Labute approximate surface area is 160 Å². The van der Waals surface area contributed by atoms with Gasteiger partial charge >= 0.3 is 0 Å². The number of benzene rings is 1. The van der Waals surface area contributed by atoms with Crippen LogP contribution in [0, 0.1) is 0 Å². The summed E-state index contributed by atoms with van der Waals surface area (Å²) in [5, 5.41) is 4.22. The van der Waals surface area contributed by atoms with Gasteiger partial charge in [0.1, 0.15) is 21.4 Å². The van der Waals surface area contributed by atoms with E-state index in [4.69, 9.17) is 16.0 Å². The molecule has 7 heteroatoms. The summed E-state index contributed by atoms with van der Waals surface area (Å²) < 4.78 is 28.4. The summed E-state index contributed by atoms with van der Waals surface area (Å²) in [5.41, 5.74) is 0.902. The third kappa shape index (κ3) is 5.58. The standard InChI is InChI=1S/C19H25ClN2O3S/c1-26(23,24)13-12-22-10-8-15(9-11-22)21-14-16-6-7-19(25-16)17-4-2-3-5-18(17)20/h2-7,15,21H,8-14H2,1H3. The van der Waals surface area contributed by atoms with Crippen LogP contribution in [0.1, 0.15) is 18.6 Å². The highest BCUT2D eigenvalue weighted by molar-refractivity contribution is 7.90. The molecule has 1 N–H and O–H groups in total. The summed E-state index contributed by atoms with van der Waals surface area (Å²) in [4.78, 5) is 2.22. The molecule has 1 aliphatic heterocycles. The number of furan rings is 1. The molecule has 142 valence electrons. The Bertz CT molecular complexity index is 827. The SMILES string of the molecule is CS(=O)(=O)CCN1CCC(NCc2ccc(-c3ccccc3Cl)o2)CC1. The molecule has 0 bridgehead atoms. The second kappa shape index (κ2) is 8.57. The number of piperidine rings is 1. The van der Waals surface area contributed by atoms with Gasteiger partial charge in [-0.3, -0.25) is 0 Å². The molecule has 1 fully saturated rings. The third-order valence-corrected chi connectivity index (χ3v) is 5.99. The van der Waals surface area contributed by atoms with Gasteiger partial charge in [-0.25, -0.2) is 8.42 Å². The molecule has 1 aromatic carbocycles. The number of sulfone groups is 1. The Morgan fingerprint density at radius 3 is 2.62 bits per heavy atom. The predicted octanol–water partition coefficient (Wildman–Crippen LogP) is 3.20. The van der Waals surface area contributed by atoms with Crippen LogP contribution in [0.2, 0.25) is 5.02 Å². The number of likely N-dealkylation sites (tertiary alicyclic amines) is 1. The highest BCUT2D eigenvalue weighted by Crippen LogP contribution is 2.29. The number of rotatable bonds is 7. The van der Waals surface area contributed by atoms with E-state index in [1.165, 1.54) is 6.26 Å². The lowest BCUT2D eigenvalue weighted by Crippen LogP contribution is -2.43. The van der Waals surface area contributed by atoms with Gasteiger partial charge < -0.3 is 14.6 Å². The number of nitrogens with zero attached hydrogens (tertiary/aromatic N) is 1. The van der Waals surface area contributed by atoms with Crippen LogP contribution >= 0.6 is 11.6 Å². The molecule has 0 amide bonds. The summed E-state index contributed by atoms with van der Waals surface area (Å²) in [7, 11) is -2.89. The fraction of sp³-hybridized carbons (Fsp3) is 0.474. The smallest absolute Gasteiger partial charge is 0.148 e. The van der Waals surface area contributed by atoms with Crippen LogP contribution in [0.3, 0.4) is 0 Å².